The minimum Gasteiger partial charge on any atom is -0.310 e. The zero-order chi connectivity index (χ0) is 47.5. The van der Waals surface area contributed by atoms with E-state index in [1.807, 2.05) is 76.5 Å². The van der Waals surface area contributed by atoms with Gasteiger partial charge in [0, 0.05) is 34.2 Å². The van der Waals surface area contributed by atoms with Crippen molar-refractivity contribution < 1.29 is 19.2 Å². The first kappa shape index (κ1) is 48.0. The lowest BCUT2D eigenvalue weighted by Crippen LogP contribution is -2.50. The zero-order valence-electron chi connectivity index (χ0n) is 37.6. The topological polar surface area (TPSA) is 87.7 Å². The van der Waals surface area contributed by atoms with E-state index in [9.17, 15) is 19.2 Å². The number of fused-ring (bicyclic) bond motifs is 2. The van der Waals surface area contributed by atoms with Gasteiger partial charge in [0.2, 0.25) is 0 Å². The molecular weight excluding hydrogens is 955 g/mol. The minimum atomic E-state index is -0.438. The van der Waals surface area contributed by atoms with Gasteiger partial charge in [0.15, 0.2) is 0 Å². The van der Waals surface area contributed by atoms with Crippen molar-refractivity contribution in [3.05, 3.63) is 162 Å². The molecule has 4 heterocycles. The molecule has 0 fully saturated rings. The molecule has 0 saturated carbocycles. The van der Waals surface area contributed by atoms with E-state index in [1.165, 1.54) is 0 Å². The Hall–Kier alpha value is -4.50. The number of rotatable bonds is 15. The summed E-state index contributed by atoms with van der Waals surface area (Å²) in [5.41, 5.74) is 6.41. The Morgan fingerprint density at radius 3 is 0.939 bits per heavy atom. The Morgan fingerprint density at radius 2 is 0.682 bits per heavy atom. The first-order chi connectivity index (χ1) is 31.5. The van der Waals surface area contributed by atoms with Crippen LogP contribution in [0.25, 0.3) is 22.8 Å². The van der Waals surface area contributed by atoms with Gasteiger partial charge in [-0.05, 0) is 112 Å². The lowest BCUT2D eigenvalue weighted by Gasteiger charge is -2.41. The second kappa shape index (κ2) is 19.2. The van der Waals surface area contributed by atoms with E-state index in [1.54, 1.807) is 104 Å². The maximum absolute atomic E-state index is 15.0. The number of nitrogens with zero attached hydrogens (tertiary/aromatic N) is 6. The number of hydrogen-bond donors (Lipinski definition) is 0. The molecule has 0 bridgehead atoms. The third-order valence-electron chi connectivity index (χ3n) is 12.7. The molecule has 4 aliphatic heterocycles. The molecule has 0 spiro atoms. The average Bonchev–Trinajstić information content (AvgIpc) is 3.95. The van der Waals surface area contributed by atoms with Gasteiger partial charge in [-0.1, -0.05) is 130 Å². The standard InChI is InChI=1S/C50H48Cl4N6O4S2/c1-9-37(59-45(31-15-23-35(53)24-16-31)41-39(49(59)63)43(57(7)47(41)61)29-11-19-33(51)20-12-29)55(5)27(3)65-66-28(4)56(6)38(10-2)60-46(32-17-25-36(54)26-18-32)42-40(50(60)64)44(58(8)48(42)62)30-13-21-34(52)22-14-30/h11-28,37-38H,9-10H2,1-8H3. The third kappa shape index (κ3) is 8.31. The number of hydrogen-bond acceptors (Lipinski definition) is 8. The van der Waals surface area contributed by atoms with Crippen LogP contribution < -0.4 is 0 Å². The Kier molecular flexibility index (Phi) is 14.0. The van der Waals surface area contributed by atoms with Gasteiger partial charge in [-0.2, -0.15) is 0 Å². The molecule has 0 radical (unpaired) electrons. The molecule has 10 nitrogen and oxygen atoms in total. The molecule has 4 amide bonds. The van der Waals surface area contributed by atoms with Gasteiger partial charge in [-0.25, -0.2) is 0 Å². The monoisotopic (exact) mass is 1000 g/mol. The van der Waals surface area contributed by atoms with Crippen LogP contribution in [0.3, 0.4) is 0 Å². The number of carbonyl (C=O) groups is 4. The summed E-state index contributed by atoms with van der Waals surface area (Å²) in [6.07, 6.45) is 0.243. The van der Waals surface area contributed by atoms with Gasteiger partial charge >= 0.3 is 0 Å². The molecule has 0 aliphatic carbocycles. The predicted octanol–water partition coefficient (Wildman–Crippen LogP) is 11.3. The third-order valence-corrected chi connectivity index (χ3v) is 17.1. The highest BCUT2D eigenvalue weighted by Crippen LogP contribution is 2.50. The number of carbonyl (C=O) groups excluding carboxylic acids is 4. The van der Waals surface area contributed by atoms with Crippen molar-refractivity contribution in [1.82, 2.24) is 29.4 Å². The van der Waals surface area contributed by atoms with Crippen LogP contribution in [0.4, 0.5) is 0 Å². The summed E-state index contributed by atoms with van der Waals surface area (Å²) in [7, 11) is 10.7. The fourth-order valence-electron chi connectivity index (χ4n) is 9.19. The maximum Gasteiger partial charge on any atom is 0.262 e. The second-order valence-corrected chi connectivity index (χ2v) is 21.2. The Labute approximate surface area is 413 Å². The molecule has 4 unspecified atom stereocenters. The van der Waals surface area contributed by atoms with Gasteiger partial charge in [0.05, 0.1) is 68.2 Å². The molecule has 342 valence electrons. The van der Waals surface area contributed by atoms with E-state index in [0.29, 0.717) is 100 Å². The fourth-order valence-corrected chi connectivity index (χ4v) is 12.4. The predicted molar refractivity (Wildman–Crippen MR) is 271 cm³/mol. The summed E-state index contributed by atoms with van der Waals surface area (Å²) in [5.74, 6) is -1.05. The SMILES string of the molecule is CCC(N1C(=O)C2=C(c3ccc(Cl)cc3)N(C)C(=O)C2=C1c1ccc(Cl)cc1)N(C)C(C)SSC(C)N(C)C(CC)N1C(=O)C2=C(c3ccc(Cl)cc3)N(C)C(=O)C2=C1c1ccc(Cl)cc1. The number of halogens is 4. The van der Waals surface area contributed by atoms with Crippen molar-refractivity contribution in [1.29, 1.82) is 0 Å². The van der Waals surface area contributed by atoms with Gasteiger partial charge in [0.25, 0.3) is 23.6 Å². The highest BCUT2D eigenvalue weighted by Gasteiger charge is 2.52. The molecule has 4 aliphatic rings. The largest absolute Gasteiger partial charge is 0.310 e. The van der Waals surface area contributed by atoms with E-state index < -0.39 is 12.3 Å². The van der Waals surface area contributed by atoms with Gasteiger partial charge in [-0.15, -0.1) is 0 Å². The molecule has 4 aromatic carbocycles. The van der Waals surface area contributed by atoms with E-state index >= 15 is 0 Å². The molecule has 16 heteroatoms. The molecule has 4 aromatic rings. The zero-order valence-corrected chi connectivity index (χ0v) is 42.3. The smallest absolute Gasteiger partial charge is 0.262 e. The van der Waals surface area contributed by atoms with E-state index in [-0.39, 0.29) is 34.4 Å². The van der Waals surface area contributed by atoms with Crippen LogP contribution in [0.1, 0.15) is 62.8 Å². The summed E-state index contributed by atoms with van der Waals surface area (Å²) in [4.78, 5) is 69.4. The summed E-state index contributed by atoms with van der Waals surface area (Å²) < 4.78 is 0. The van der Waals surface area contributed by atoms with Crippen LogP contribution >= 0.6 is 68.0 Å². The molecule has 0 N–H and O–H groups in total. The Bertz CT molecular complexity index is 2570. The van der Waals surface area contributed by atoms with Crippen molar-refractivity contribution in [2.45, 2.75) is 63.6 Å². The lowest BCUT2D eigenvalue weighted by molar-refractivity contribution is -0.128. The summed E-state index contributed by atoms with van der Waals surface area (Å²) in [6, 6.07) is 28.8. The average molecular weight is 1000 g/mol. The quantitative estimate of drug-likeness (QED) is 0.0860. The molecule has 0 aromatic heterocycles. The van der Waals surface area contributed by atoms with Crippen LogP contribution in [0, 0.1) is 0 Å². The van der Waals surface area contributed by atoms with E-state index in [4.69, 9.17) is 46.4 Å². The number of benzene rings is 4. The van der Waals surface area contributed by atoms with Gasteiger partial charge in [0.1, 0.15) is 0 Å². The normalized spacial score (nSPS) is 18.3. The minimum absolute atomic E-state index is 0.136. The van der Waals surface area contributed by atoms with Crippen molar-refractivity contribution in [2.24, 2.45) is 0 Å². The molecular formula is C50H48Cl4N6O4S2. The van der Waals surface area contributed by atoms with Crippen LogP contribution in [0.5, 0.6) is 0 Å². The molecule has 0 saturated heterocycles. The van der Waals surface area contributed by atoms with Gasteiger partial charge < -0.3 is 9.80 Å². The number of likely N-dealkylation sites (N-methyl/N-ethyl adjacent to an activating group) is 2. The van der Waals surface area contributed by atoms with E-state index in [2.05, 4.69) is 23.6 Å². The van der Waals surface area contributed by atoms with Crippen LogP contribution in [-0.4, -0.2) is 104 Å². The highest BCUT2D eigenvalue weighted by molar-refractivity contribution is 8.77. The first-order valence-electron chi connectivity index (χ1n) is 21.5. The van der Waals surface area contributed by atoms with Crippen LogP contribution in [-0.2, 0) is 19.2 Å². The van der Waals surface area contributed by atoms with Crippen molar-refractivity contribution in [3.63, 3.8) is 0 Å². The second-order valence-electron chi connectivity index (χ2n) is 16.5. The van der Waals surface area contributed by atoms with Crippen LogP contribution in [0.15, 0.2) is 119 Å². The number of amides is 4. The summed E-state index contributed by atoms with van der Waals surface area (Å²) in [6.45, 7) is 8.26. The maximum atomic E-state index is 15.0. The van der Waals surface area contributed by atoms with Crippen LogP contribution in [0.2, 0.25) is 20.1 Å². The van der Waals surface area contributed by atoms with E-state index in [0.717, 1.165) is 0 Å². The Balaban J connectivity index is 1.07. The fraction of sp³-hybridized carbons (Fsp3) is 0.280. The first-order valence-corrected chi connectivity index (χ1v) is 25.3. The van der Waals surface area contributed by atoms with Crippen molar-refractivity contribution in [3.8, 4) is 0 Å². The van der Waals surface area contributed by atoms with Crippen molar-refractivity contribution in [2.75, 3.05) is 28.2 Å². The molecule has 66 heavy (non-hydrogen) atoms. The molecule has 8 rings (SSSR count). The van der Waals surface area contributed by atoms with Gasteiger partial charge in [-0.3, -0.25) is 38.8 Å². The lowest BCUT2D eigenvalue weighted by atomic mass is 10.0. The summed E-state index contributed by atoms with van der Waals surface area (Å²) in [5, 5.41) is 1.91. The Morgan fingerprint density at radius 1 is 0.439 bits per heavy atom. The molecule has 4 atom stereocenters. The summed E-state index contributed by atoms with van der Waals surface area (Å²) >= 11 is 25.2. The highest BCUT2D eigenvalue weighted by atomic mass is 35.5. The van der Waals surface area contributed by atoms with Crippen molar-refractivity contribution >= 4 is 114 Å².